The Morgan fingerprint density at radius 2 is 1.93 bits per heavy atom. The normalized spacial score (nSPS) is 11.7. The Balaban J connectivity index is 0.00000392. The lowest BCUT2D eigenvalue weighted by molar-refractivity contribution is -0.274. The zero-order valence-corrected chi connectivity index (χ0v) is 19.0. The standard InChI is InChI=1S/C18H23F3N4OS.HI/c1-4-22-17(23-10-9-16-12(2)25-13(3)27-16)24-11-14-7-5-6-8-15(14)26-18(19,20)21;/h5-8H,4,9-11H2,1-3H3,(H2,22,23,24);1H. The minimum atomic E-state index is -4.73. The number of halogens is 4. The van der Waals surface area contributed by atoms with Crippen molar-refractivity contribution in [2.75, 3.05) is 13.1 Å². The largest absolute Gasteiger partial charge is 0.573 e. The van der Waals surface area contributed by atoms with Gasteiger partial charge in [0.1, 0.15) is 5.75 Å². The summed E-state index contributed by atoms with van der Waals surface area (Å²) in [6.45, 7) is 7.24. The van der Waals surface area contributed by atoms with Gasteiger partial charge in [0.25, 0.3) is 0 Å². The minimum Gasteiger partial charge on any atom is -0.405 e. The molecule has 0 saturated carbocycles. The lowest BCUT2D eigenvalue weighted by Gasteiger charge is -2.14. The van der Waals surface area contributed by atoms with Gasteiger partial charge in [-0.05, 0) is 26.8 Å². The first-order valence-corrected chi connectivity index (χ1v) is 9.39. The highest BCUT2D eigenvalue weighted by atomic mass is 127. The van der Waals surface area contributed by atoms with Gasteiger partial charge in [-0.3, -0.25) is 0 Å². The Hall–Kier alpha value is -1.56. The van der Waals surface area contributed by atoms with Gasteiger partial charge < -0.3 is 15.4 Å². The van der Waals surface area contributed by atoms with E-state index in [-0.39, 0.29) is 36.3 Å². The molecular weight excluding hydrogens is 504 g/mol. The summed E-state index contributed by atoms with van der Waals surface area (Å²) in [6.07, 6.45) is -3.93. The van der Waals surface area contributed by atoms with E-state index < -0.39 is 6.36 Å². The van der Waals surface area contributed by atoms with Gasteiger partial charge in [-0.25, -0.2) is 9.98 Å². The number of hydrogen-bond donors (Lipinski definition) is 2. The third kappa shape index (κ3) is 8.21. The molecule has 156 valence electrons. The molecule has 10 heteroatoms. The molecule has 0 aliphatic rings. The van der Waals surface area contributed by atoms with Crippen LogP contribution in [0.1, 0.15) is 28.1 Å². The molecule has 1 aromatic carbocycles. The second-order valence-corrected chi connectivity index (χ2v) is 7.06. The lowest BCUT2D eigenvalue weighted by Crippen LogP contribution is -2.38. The Kier molecular flexibility index (Phi) is 10.0. The molecule has 1 aromatic heterocycles. The van der Waals surface area contributed by atoms with Crippen molar-refractivity contribution < 1.29 is 17.9 Å². The third-order valence-electron chi connectivity index (χ3n) is 3.59. The van der Waals surface area contributed by atoms with Crippen molar-refractivity contribution in [3.8, 4) is 5.75 Å². The van der Waals surface area contributed by atoms with Crippen LogP contribution < -0.4 is 15.4 Å². The van der Waals surface area contributed by atoms with E-state index in [9.17, 15) is 13.2 Å². The number of para-hydroxylation sites is 1. The maximum atomic E-state index is 12.5. The number of nitrogens with zero attached hydrogens (tertiary/aromatic N) is 2. The number of hydrogen-bond acceptors (Lipinski definition) is 4. The predicted molar refractivity (Wildman–Crippen MR) is 117 cm³/mol. The van der Waals surface area contributed by atoms with Crippen LogP contribution in [-0.2, 0) is 13.0 Å². The smallest absolute Gasteiger partial charge is 0.405 e. The Morgan fingerprint density at radius 1 is 1.21 bits per heavy atom. The first-order valence-electron chi connectivity index (χ1n) is 8.57. The highest BCUT2D eigenvalue weighted by Gasteiger charge is 2.31. The van der Waals surface area contributed by atoms with E-state index >= 15 is 0 Å². The number of aromatic nitrogens is 1. The van der Waals surface area contributed by atoms with Crippen molar-refractivity contribution in [3.63, 3.8) is 0 Å². The van der Waals surface area contributed by atoms with Gasteiger partial charge >= 0.3 is 6.36 Å². The van der Waals surface area contributed by atoms with Crippen LogP contribution in [0.15, 0.2) is 29.3 Å². The molecule has 2 rings (SSSR count). The molecular formula is C18H24F3IN4OS. The highest BCUT2D eigenvalue weighted by molar-refractivity contribution is 14.0. The van der Waals surface area contributed by atoms with E-state index in [0.29, 0.717) is 24.6 Å². The fourth-order valence-electron chi connectivity index (χ4n) is 2.46. The fraction of sp³-hybridized carbons (Fsp3) is 0.444. The molecule has 1 heterocycles. The molecule has 0 aliphatic heterocycles. The second-order valence-electron chi connectivity index (χ2n) is 5.77. The number of aliphatic imine (C=N–C) groups is 1. The molecule has 0 bridgehead atoms. The van der Waals surface area contributed by atoms with Crippen LogP contribution >= 0.6 is 35.3 Å². The highest BCUT2D eigenvalue weighted by Crippen LogP contribution is 2.26. The van der Waals surface area contributed by atoms with Crippen molar-refractivity contribution in [2.24, 2.45) is 4.99 Å². The molecule has 5 nitrogen and oxygen atoms in total. The summed E-state index contributed by atoms with van der Waals surface area (Å²) in [7, 11) is 0. The summed E-state index contributed by atoms with van der Waals surface area (Å²) < 4.78 is 41.6. The van der Waals surface area contributed by atoms with E-state index in [0.717, 1.165) is 17.1 Å². The maximum Gasteiger partial charge on any atom is 0.573 e. The van der Waals surface area contributed by atoms with Crippen LogP contribution in [0, 0.1) is 13.8 Å². The van der Waals surface area contributed by atoms with Crippen molar-refractivity contribution in [3.05, 3.63) is 45.4 Å². The molecule has 2 N–H and O–H groups in total. The van der Waals surface area contributed by atoms with Crippen LogP contribution in [0.5, 0.6) is 5.75 Å². The molecule has 2 aromatic rings. The lowest BCUT2D eigenvalue weighted by atomic mass is 10.2. The van der Waals surface area contributed by atoms with Gasteiger partial charge in [0, 0.05) is 30.0 Å². The van der Waals surface area contributed by atoms with Crippen molar-refractivity contribution in [1.29, 1.82) is 0 Å². The minimum absolute atomic E-state index is 0. The van der Waals surface area contributed by atoms with Crippen molar-refractivity contribution in [2.45, 2.75) is 40.1 Å². The number of guanidine groups is 1. The summed E-state index contributed by atoms with van der Waals surface area (Å²) in [4.78, 5) is 9.98. The molecule has 0 spiro atoms. The maximum absolute atomic E-state index is 12.5. The molecule has 0 fully saturated rings. The molecule has 0 unspecified atom stereocenters. The van der Waals surface area contributed by atoms with Gasteiger partial charge in [-0.15, -0.1) is 48.5 Å². The van der Waals surface area contributed by atoms with E-state index in [4.69, 9.17) is 0 Å². The Bertz CT molecular complexity index is 780. The molecule has 0 aliphatic carbocycles. The van der Waals surface area contributed by atoms with E-state index in [1.54, 1.807) is 23.5 Å². The summed E-state index contributed by atoms with van der Waals surface area (Å²) in [5.74, 6) is 0.304. The average Bonchev–Trinajstić information content (AvgIpc) is 2.90. The Morgan fingerprint density at radius 3 is 2.54 bits per heavy atom. The number of benzene rings is 1. The number of alkyl halides is 3. The van der Waals surface area contributed by atoms with Gasteiger partial charge in [0.15, 0.2) is 5.96 Å². The summed E-state index contributed by atoms with van der Waals surface area (Å²) in [5, 5.41) is 7.32. The monoisotopic (exact) mass is 528 g/mol. The SMILES string of the molecule is CCNC(=NCc1ccccc1OC(F)(F)F)NCCc1sc(C)nc1C.I. The number of nitrogens with one attached hydrogen (secondary N) is 2. The van der Waals surface area contributed by atoms with Crippen LogP contribution in [0.4, 0.5) is 13.2 Å². The van der Waals surface area contributed by atoms with Gasteiger partial charge in [0.2, 0.25) is 0 Å². The van der Waals surface area contributed by atoms with Crippen molar-refractivity contribution in [1.82, 2.24) is 15.6 Å². The van der Waals surface area contributed by atoms with Gasteiger partial charge in [-0.2, -0.15) is 0 Å². The average molecular weight is 528 g/mol. The topological polar surface area (TPSA) is 58.5 Å². The molecule has 0 radical (unpaired) electrons. The molecule has 0 atom stereocenters. The first-order chi connectivity index (χ1) is 12.8. The second kappa shape index (κ2) is 11.4. The zero-order chi connectivity index (χ0) is 19.9. The summed E-state index contributed by atoms with van der Waals surface area (Å²) in [5.41, 5.74) is 1.39. The van der Waals surface area contributed by atoms with E-state index in [1.807, 2.05) is 20.8 Å². The van der Waals surface area contributed by atoms with Crippen molar-refractivity contribution >= 4 is 41.3 Å². The van der Waals surface area contributed by atoms with E-state index in [1.165, 1.54) is 17.0 Å². The quantitative estimate of drug-likeness (QED) is 0.314. The fourth-order valence-corrected chi connectivity index (χ4v) is 3.40. The third-order valence-corrected chi connectivity index (χ3v) is 4.73. The van der Waals surface area contributed by atoms with Gasteiger partial charge in [0.05, 0.1) is 17.2 Å². The number of rotatable bonds is 7. The zero-order valence-electron chi connectivity index (χ0n) is 15.9. The summed E-state index contributed by atoms with van der Waals surface area (Å²) >= 11 is 1.66. The van der Waals surface area contributed by atoms with Crippen LogP contribution in [0.25, 0.3) is 0 Å². The molecule has 0 saturated heterocycles. The van der Waals surface area contributed by atoms with Gasteiger partial charge in [-0.1, -0.05) is 18.2 Å². The van der Waals surface area contributed by atoms with E-state index in [2.05, 4.69) is 25.3 Å². The number of aryl methyl sites for hydroxylation is 2. The van der Waals surface area contributed by atoms with Crippen LogP contribution in [0.3, 0.4) is 0 Å². The first kappa shape index (κ1) is 24.5. The molecule has 28 heavy (non-hydrogen) atoms. The number of ether oxygens (including phenoxy) is 1. The van der Waals surface area contributed by atoms with Crippen LogP contribution in [-0.4, -0.2) is 30.4 Å². The number of thiazole rings is 1. The van der Waals surface area contributed by atoms with Crippen LogP contribution in [0.2, 0.25) is 0 Å². The summed E-state index contributed by atoms with van der Waals surface area (Å²) in [6, 6.07) is 6.01. The molecule has 0 amide bonds. The Labute approximate surface area is 183 Å². The predicted octanol–water partition coefficient (Wildman–Crippen LogP) is 4.57.